The summed E-state index contributed by atoms with van der Waals surface area (Å²) >= 11 is 0. The van der Waals surface area contributed by atoms with Crippen LogP contribution in [0.2, 0.25) is 0 Å². The Hall–Kier alpha value is -2.88. The highest BCUT2D eigenvalue weighted by molar-refractivity contribution is 5.92. The first-order chi connectivity index (χ1) is 17.1. The van der Waals surface area contributed by atoms with Crippen LogP contribution in [0.1, 0.15) is 60.6 Å². The van der Waals surface area contributed by atoms with Crippen LogP contribution in [0.3, 0.4) is 0 Å². The number of benzene rings is 1. The standard InChI is InChI=1S/C26H32F3N5O2/c1-19(35)23-6-12-34(30-23)24(36)33-14-8-25(9-15-33)7-13-31(18-25)17-20-4-5-21(32-10-2-3-11-32)16-22(20)26(27,28)29/h4-6,12,16H,2-3,7-11,13-15,17-18H2,1H3. The molecule has 0 bridgehead atoms. The molecule has 5 rings (SSSR count). The Bertz CT molecular complexity index is 1130. The van der Waals surface area contributed by atoms with E-state index in [-0.39, 0.29) is 29.5 Å². The maximum atomic E-state index is 13.9. The van der Waals surface area contributed by atoms with Crippen molar-refractivity contribution in [1.29, 1.82) is 0 Å². The van der Waals surface area contributed by atoms with Crippen molar-refractivity contribution in [3.63, 3.8) is 0 Å². The fourth-order valence-electron chi connectivity index (χ4n) is 5.89. The molecule has 0 radical (unpaired) electrons. The molecule has 1 aromatic heterocycles. The second-order valence-electron chi connectivity index (χ2n) is 10.5. The Labute approximate surface area is 208 Å². The molecule has 36 heavy (non-hydrogen) atoms. The number of nitrogens with zero attached hydrogens (tertiary/aromatic N) is 5. The smallest absolute Gasteiger partial charge is 0.372 e. The summed E-state index contributed by atoms with van der Waals surface area (Å²) in [5.74, 6) is -0.190. The molecule has 1 amide bonds. The molecule has 194 valence electrons. The molecule has 2 aromatic rings. The Balaban J connectivity index is 1.22. The molecule has 4 heterocycles. The first-order valence-electron chi connectivity index (χ1n) is 12.7. The average molecular weight is 504 g/mol. The number of ketones is 1. The Kier molecular flexibility index (Phi) is 6.57. The number of amides is 1. The van der Waals surface area contributed by atoms with Crippen LogP contribution in [0.4, 0.5) is 23.7 Å². The van der Waals surface area contributed by atoms with E-state index < -0.39 is 11.7 Å². The summed E-state index contributed by atoms with van der Waals surface area (Å²) < 4.78 is 43.0. The number of carbonyl (C=O) groups excluding carboxylic acids is 2. The quantitative estimate of drug-likeness (QED) is 0.568. The number of rotatable bonds is 4. The van der Waals surface area contributed by atoms with E-state index in [0.29, 0.717) is 24.3 Å². The van der Waals surface area contributed by atoms with Crippen molar-refractivity contribution in [2.45, 2.75) is 51.7 Å². The van der Waals surface area contributed by atoms with Gasteiger partial charge in [0.25, 0.3) is 0 Å². The van der Waals surface area contributed by atoms with Crippen molar-refractivity contribution in [3.05, 3.63) is 47.3 Å². The van der Waals surface area contributed by atoms with Gasteiger partial charge < -0.3 is 9.80 Å². The molecule has 3 aliphatic heterocycles. The van der Waals surface area contributed by atoms with Gasteiger partial charge in [-0.25, -0.2) is 4.79 Å². The van der Waals surface area contributed by atoms with E-state index in [4.69, 9.17) is 0 Å². The molecule has 1 aromatic carbocycles. The molecule has 0 aliphatic carbocycles. The highest BCUT2D eigenvalue weighted by atomic mass is 19.4. The van der Waals surface area contributed by atoms with Crippen molar-refractivity contribution in [1.82, 2.24) is 19.6 Å². The van der Waals surface area contributed by atoms with Gasteiger partial charge in [0.15, 0.2) is 5.78 Å². The van der Waals surface area contributed by atoms with Gasteiger partial charge >= 0.3 is 12.2 Å². The average Bonchev–Trinajstić information content (AvgIpc) is 3.61. The largest absolute Gasteiger partial charge is 0.416 e. The molecule has 3 saturated heterocycles. The summed E-state index contributed by atoms with van der Waals surface area (Å²) in [6.45, 7) is 5.93. The zero-order valence-electron chi connectivity index (χ0n) is 20.6. The van der Waals surface area contributed by atoms with Crippen LogP contribution in [0.15, 0.2) is 30.5 Å². The highest BCUT2D eigenvalue weighted by Gasteiger charge is 2.42. The summed E-state index contributed by atoms with van der Waals surface area (Å²) in [4.78, 5) is 30.2. The maximum Gasteiger partial charge on any atom is 0.416 e. The van der Waals surface area contributed by atoms with Crippen LogP contribution in [-0.2, 0) is 12.7 Å². The molecular weight excluding hydrogens is 471 g/mol. The highest BCUT2D eigenvalue weighted by Crippen LogP contribution is 2.42. The van der Waals surface area contributed by atoms with Gasteiger partial charge in [-0.3, -0.25) is 9.69 Å². The molecule has 3 aliphatic rings. The third-order valence-electron chi connectivity index (χ3n) is 8.02. The van der Waals surface area contributed by atoms with Gasteiger partial charge in [0.2, 0.25) is 0 Å². The van der Waals surface area contributed by atoms with Gasteiger partial charge in [0.1, 0.15) is 5.69 Å². The first-order valence-corrected chi connectivity index (χ1v) is 12.7. The predicted octanol–water partition coefficient (Wildman–Crippen LogP) is 4.66. The molecule has 0 unspecified atom stereocenters. The lowest BCUT2D eigenvalue weighted by atomic mass is 9.78. The van der Waals surface area contributed by atoms with Crippen molar-refractivity contribution >= 4 is 17.5 Å². The van der Waals surface area contributed by atoms with Crippen LogP contribution in [0.25, 0.3) is 0 Å². The molecule has 7 nitrogen and oxygen atoms in total. The van der Waals surface area contributed by atoms with Gasteiger partial charge in [-0.15, -0.1) is 0 Å². The van der Waals surface area contributed by atoms with Gasteiger partial charge in [-0.1, -0.05) is 6.07 Å². The minimum atomic E-state index is -4.39. The van der Waals surface area contributed by atoms with E-state index in [0.717, 1.165) is 58.3 Å². The van der Waals surface area contributed by atoms with Gasteiger partial charge in [-0.2, -0.15) is 23.0 Å². The molecule has 3 fully saturated rings. The van der Waals surface area contributed by atoms with Crippen molar-refractivity contribution in [2.24, 2.45) is 5.41 Å². The zero-order chi connectivity index (χ0) is 25.5. The minimum absolute atomic E-state index is 0.0132. The van der Waals surface area contributed by atoms with E-state index in [1.165, 1.54) is 29.9 Å². The van der Waals surface area contributed by atoms with Crippen molar-refractivity contribution in [2.75, 3.05) is 44.2 Å². The number of hydrogen-bond donors (Lipinski definition) is 0. The van der Waals surface area contributed by atoms with E-state index in [2.05, 4.69) is 10.00 Å². The molecule has 1 spiro atoms. The minimum Gasteiger partial charge on any atom is -0.372 e. The lowest BCUT2D eigenvalue weighted by Gasteiger charge is -2.39. The molecule has 10 heteroatoms. The number of halogens is 3. The normalized spacial score (nSPS) is 20.4. The van der Waals surface area contributed by atoms with Crippen LogP contribution < -0.4 is 4.90 Å². The number of carbonyl (C=O) groups is 2. The molecule has 0 atom stereocenters. The van der Waals surface area contributed by atoms with E-state index in [1.807, 2.05) is 11.0 Å². The summed E-state index contributed by atoms with van der Waals surface area (Å²) in [6, 6.07) is 6.09. The van der Waals surface area contributed by atoms with Crippen LogP contribution >= 0.6 is 0 Å². The molecular formula is C26H32F3N5O2. The number of piperidine rings is 1. The third kappa shape index (κ3) is 5.00. The van der Waals surface area contributed by atoms with Crippen LogP contribution in [0.5, 0.6) is 0 Å². The summed E-state index contributed by atoms with van der Waals surface area (Å²) in [5.41, 5.74) is 0.729. The Morgan fingerprint density at radius 1 is 1.00 bits per heavy atom. The molecule has 0 saturated carbocycles. The second-order valence-corrected chi connectivity index (χ2v) is 10.5. The number of hydrogen-bond acceptors (Lipinski definition) is 5. The lowest BCUT2D eigenvalue weighted by molar-refractivity contribution is -0.138. The predicted molar refractivity (Wildman–Crippen MR) is 129 cm³/mol. The number of Topliss-reactive ketones (excluding diaryl/α,β-unsaturated/α-hetero) is 1. The van der Waals surface area contributed by atoms with E-state index in [1.54, 1.807) is 11.0 Å². The van der Waals surface area contributed by atoms with Gasteiger partial charge in [0, 0.05) is 58.1 Å². The van der Waals surface area contributed by atoms with Crippen LogP contribution in [-0.4, -0.2) is 70.7 Å². The summed E-state index contributed by atoms with van der Waals surface area (Å²) in [6.07, 6.45) is 1.67. The maximum absolute atomic E-state index is 13.9. The van der Waals surface area contributed by atoms with E-state index in [9.17, 15) is 22.8 Å². The van der Waals surface area contributed by atoms with Crippen LogP contribution in [0, 0.1) is 5.41 Å². The zero-order valence-corrected chi connectivity index (χ0v) is 20.6. The Morgan fingerprint density at radius 3 is 2.33 bits per heavy atom. The third-order valence-corrected chi connectivity index (χ3v) is 8.02. The Morgan fingerprint density at radius 2 is 1.69 bits per heavy atom. The van der Waals surface area contributed by atoms with Crippen molar-refractivity contribution in [3.8, 4) is 0 Å². The number of anilines is 1. The number of alkyl halides is 3. The lowest BCUT2D eigenvalue weighted by Crippen LogP contribution is -2.45. The summed E-state index contributed by atoms with van der Waals surface area (Å²) in [5, 5.41) is 4.06. The topological polar surface area (TPSA) is 61.7 Å². The second kappa shape index (κ2) is 9.53. The number of likely N-dealkylation sites (tertiary alicyclic amines) is 2. The fourth-order valence-corrected chi connectivity index (χ4v) is 5.89. The first kappa shape index (κ1) is 24.8. The number of aromatic nitrogens is 2. The monoisotopic (exact) mass is 503 g/mol. The van der Waals surface area contributed by atoms with Crippen molar-refractivity contribution < 1.29 is 22.8 Å². The SMILES string of the molecule is CC(=O)c1ccn(C(=O)N2CCC3(CCN(Cc4ccc(N5CCCC5)cc4C(F)(F)F)C3)CC2)n1. The summed E-state index contributed by atoms with van der Waals surface area (Å²) in [7, 11) is 0. The van der Waals surface area contributed by atoms with Gasteiger partial charge in [0.05, 0.1) is 5.56 Å². The van der Waals surface area contributed by atoms with E-state index >= 15 is 0 Å². The fraction of sp³-hybridized carbons (Fsp3) is 0.577. The van der Waals surface area contributed by atoms with Gasteiger partial charge in [-0.05, 0) is 67.8 Å². The molecule has 0 N–H and O–H groups in total.